The fourth-order valence-corrected chi connectivity index (χ4v) is 3.44. The molecule has 2 heterocycles. The van der Waals surface area contributed by atoms with Gasteiger partial charge in [-0.25, -0.2) is 9.78 Å². The third kappa shape index (κ3) is 4.77. The Morgan fingerprint density at radius 1 is 1.39 bits per heavy atom. The maximum atomic E-state index is 12.0. The molecule has 2 aromatic rings. The van der Waals surface area contributed by atoms with Crippen LogP contribution in [0.15, 0.2) is 35.7 Å². The number of thiazole rings is 1. The number of carbonyl (C=O) groups excluding carboxylic acids is 1. The summed E-state index contributed by atoms with van der Waals surface area (Å²) in [5, 5.41) is 8.94. The molecule has 1 saturated heterocycles. The normalized spacial score (nSPS) is 18.0. The smallest absolute Gasteiger partial charge is 0.315 e. The van der Waals surface area contributed by atoms with Crippen LogP contribution in [0.2, 0.25) is 0 Å². The molecular weight excluding hydrogens is 308 g/mol. The average molecular weight is 330 g/mol. The van der Waals surface area contributed by atoms with E-state index < -0.39 is 0 Å². The molecule has 5 nitrogen and oxygen atoms in total. The van der Waals surface area contributed by atoms with Crippen LogP contribution >= 0.6 is 11.3 Å². The van der Waals surface area contributed by atoms with Crippen molar-refractivity contribution in [2.24, 2.45) is 0 Å². The van der Waals surface area contributed by atoms with Gasteiger partial charge in [-0.05, 0) is 18.9 Å². The lowest BCUT2D eigenvalue weighted by molar-refractivity contribution is 0.235. The summed E-state index contributed by atoms with van der Waals surface area (Å²) in [6.07, 6.45) is 0.996. The van der Waals surface area contributed by atoms with Gasteiger partial charge in [-0.2, -0.15) is 0 Å². The number of hydrogen-bond acceptors (Lipinski definition) is 4. The maximum absolute atomic E-state index is 12.0. The summed E-state index contributed by atoms with van der Waals surface area (Å²) in [5.41, 5.74) is 2.23. The molecule has 0 bridgehead atoms. The minimum atomic E-state index is -0.109. The predicted molar refractivity (Wildman–Crippen MR) is 92.3 cm³/mol. The van der Waals surface area contributed by atoms with Crippen molar-refractivity contribution in [1.29, 1.82) is 0 Å². The van der Waals surface area contributed by atoms with Crippen LogP contribution in [0.4, 0.5) is 4.79 Å². The number of rotatable bonds is 5. The number of urea groups is 1. The number of aryl methyl sites for hydroxylation is 1. The Labute approximate surface area is 140 Å². The number of nitrogens with zero attached hydrogens (tertiary/aromatic N) is 2. The topological polar surface area (TPSA) is 57.3 Å². The molecule has 1 aliphatic heterocycles. The second-order valence-corrected chi connectivity index (χ2v) is 6.95. The first kappa shape index (κ1) is 16.0. The van der Waals surface area contributed by atoms with Crippen LogP contribution < -0.4 is 10.6 Å². The molecular formula is C17H22N4OS. The van der Waals surface area contributed by atoms with Gasteiger partial charge in [-0.3, -0.25) is 4.90 Å². The van der Waals surface area contributed by atoms with Crippen LogP contribution in [0.1, 0.15) is 22.7 Å². The van der Waals surface area contributed by atoms with Gasteiger partial charge >= 0.3 is 6.03 Å². The van der Waals surface area contributed by atoms with Crippen molar-refractivity contribution < 1.29 is 4.79 Å². The molecule has 2 N–H and O–H groups in total. The van der Waals surface area contributed by atoms with Crippen molar-refractivity contribution in [1.82, 2.24) is 20.5 Å². The van der Waals surface area contributed by atoms with E-state index in [1.807, 2.05) is 18.4 Å². The van der Waals surface area contributed by atoms with Crippen molar-refractivity contribution in [3.8, 4) is 0 Å². The Hall–Kier alpha value is -1.92. The highest BCUT2D eigenvalue weighted by molar-refractivity contribution is 7.09. The van der Waals surface area contributed by atoms with Crippen LogP contribution in [0.5, 0.6) is 0 Å². The summed E-state index contributed by atoms with van der Waals surface area (Å²) in [5.74, 6) is 0. The van der Waals surface area contributed by atoms with E-state index in [2.05, 4.69) is 44.8 Å². The summed E-state index contributed by atoms with van der Waals surface area (Å²) in [4.78, 5) is 18.7. The van der Waals surface area contributed by atoms with Crippen molar-refractivity contribution in [2.45, 2.75) is 32.5 Å². The quantitative estimate of drug-likeness (QED) is 0.886. The molecule has 0 radical (unpaired) electrons. The van der Waals surface area contributed by atoms with E-state index in [0.717, 1.165) is 36.8 Å². The molecule has 0 saturated carbocycles. The summed E-state index contributed by atoms with van der Waals surface area (Å²) in [7, 11) is 0. The molecule has 1 atom stereocenters. The van der Waals surface area contributed by atoms with Crippen molar-refractivity contribution in [3.63, 3.8) is 0 Å². The standard InChI is InChI=1S/C17H22N4OS/c1-13-19-16(12-23-13)9-18-17(22)20-15-7-8-21(11-15)10-14-5-3-2-4-6-14/h2-6,12,15H,7-11H2,1H3,(H2,18,20,22). The number of hydrogen-bond donors (Lipinski definition) is 2. The van der Waals surface area contributed by atoms with Crippen molar-refractivity contribution in [2.75, 3.05) is 13.1 Å². The molecule has 6 heteroatoms. The van der Waals surface area contributed by atoms with Gasteiger partial charge in [0, 0.05) is 31.1 Å². The highest BCUT2D eigenvalue weighted by Crippen LogP contribution is 2.13. The second kappa shape index (κ2) is 7.57. The minimum Gasteiger partial charge on any atom is -0.334 e. The van der Waals surface area contributed by atoms with E-state index in [9.17, 15) is 4.79 Å². The Morgan fingerprint density at radius 3 is 2.96 bits per heavy atom. The van der Waals surface area contributed by atoms with Gasteiger partial charge in [0.15, 0.2) is 0 Å². The van der Waals surface area contributed by atoms with Gasteiger partial charge in [-0.15, -0.1) is 11.3 Å². The summed E-state index contributed by atoms with van der Waals surface area (Å²) < 4.78 is 0. The number of amides is 2. The minimum absolute atomic E-state index is 0.109. The SMILES string of the molecule is Cc1nc(CNC(=O)NC2CCN(Cc3ccccc3)C2)cs1. The fraction of sp³-hybridized carbons (Fsp3) is 0.412. The first-order valence-corrected chi connectivity index (χ1v) is 8.78. The van der Waals surface area contributed by atoms with Crippen LogP contribution in [-0.2, 0) is 13.1 Å². The highest BCUT2D eigenvalue weighted by atomic mass is 32.1. The zero-order valence-corrected chi connectivity index (χ0v) is 14.1. The molecule has 0 aliphatic carbocycles. The lowest BCUT2D eigenvalue weighted by Gasteiger charge is -2.17. The first-order valence-electron chi connectivity index (χ1n) is 7.91. The average Bonchev–Trinajstić information content (AvgIpc) is 3.15. The zero-order valence-electron chi connectivity index (χ0n) is 13.3. The van der Waals surface area contributed by atoms with Gasteiger partial charge < -0.3 is 10.6 Å². The third-order valence-electron chi connectivity index (χ3n) is 3.95. The third-order valence-corrected chi connectivity index (χ3v) is 4.78. The van der Waals surface area contributed by atoms with E-state index >= 15 is 0 Å². The van der Waals surface area contributed by atoms with Crippen molar-refractivity contribution in [3.05, 3.63) is 52.0 Å². The summed E-state index contributed by atoms with van der Waals surface area (Å²) in [6, 6.07) is 10.6. The largest absolute Gasteiger partial charge is 0.334 e. The Kier molecular flexibility index (Phi) is 5.25. The molecule has 1 aliphatic rings. The van der Waals surface area contributed by atoms with Gasteiger partial charge in [0.25, 0.3) is 0 Å². The first-order chi connectivity index (χ1) is 11.2. The molecule has 1 unspecified atom stereocenters. The van der Waals surface area contributed by atoms with Gasteiger partial charge in [0.1, 0.15) is 0 Å². The van der Waals surface area contributed by atoms with Crippen LogP contribution in [0.25, 0.3) is 0 Å². The molecule has 122 valence electrons. The number of carbonyl (C=O) groups is 1. The molecule has 3 rings (SSSR count). The van der Waals surface area contributed by atoms with E-state index in [1.54, 1.807) is 11.3 Å². The number of benzene rings is 1. The van der Waals surface area contributed by atoms with Crippen LogP contribution in [-0.4, -0.2) is 35.0 Å². The number of nitrogens with one attached hydrogen (secondary N) is 2. The predicted octanol–water partition coefficient (Wildman–Crippen LogP) is 2.53. The monoisotopic (exact) mass is 330 g/mol. The van der Waals surface area contributed by atoms with Gasteiger partial charge in [-0.1, -0.05) is 30.3 Å². The van der Waals surface area contributed by atoms with Crippen LogP contribution in [0, 0.1) is 6.92 Å². The van der Waals surface area contributed by atoms with Gasteiger partial charge in [0.2, 0.25) is 0 Å². The van der Waals surface area contributed by atoms with Crippen molar-refractivity contribution >= 4 is 17.4 Å². The highest BCUT2D eigenvalue weighted by Gasteiger charge is 2.23. The summed E-state index contributed by atoms with van der Waals surface area (Å²) >= 11 is 1.60. The Balaban J connectivity index is 1.40. The summed E-state index contributed by atoms with van der Waals surface area (Å²) in [6.45, 7) is 5.31. The maximum Gasteiger partial charge on any atom is 0.315 e. The molecule has 2 amide bonds. The molecule has 1 fully saturated rings. The van der Waals surface area contributed by atoms with E-state index in [1.165, 1.54) is 5.56 Å². The molecule has 23 heavy (non-hydrogen) atoms. The van der Waals surface area contributed by atoms with Gasteiger partial charge in [0.05, 0.1) is 17.2 Å². The van der Waals surface area contributed by atoms with E-state index in [0.29, 0.717) is 6.54 Å². The molecule has 1 aromatic carbocycles. The van der Waals surface area contributed by atoms with Crippen LogP contribution in [0.3, 0.4) is 0 Å². The Morgan fingerprint density at radius 2 is 2.22 bits per heavy atom. The lowest BCUT2D eigenvalue weighted by atomic mass is 10.2. The number of aromatic nitrogens is 1. The zero-order chi connectivity index (χ0) is 16.1. The molecule has 1 aromatic heterocycles. The fourth-order valence-electron chi connectivity index (χ4n) is 2.83. The number of likely N-dealkylation sites (tertiary alicyclic amines) is 1. The second-order valence-electron chi connectivity index (χ2n) is 5.89. The van der Waals surface area contributed by atoms with E-state index in [4.69, 9.17) is 0 Å². The lowest BCUT2D eigenvalue weighted by Crippen LogP contribution is -2.43. The molecule has 0 spiro atoms. The van der Waals surface area contributed by atoms with E-state index in [-0.39, 0.29) is 12.1 Å². The Bertz CT molecular complexity index is 643.